The lowest BCUT2D eigenvalue weighted by atomic mass is 10.2. The Labute approximate surface area is 129 Å². The topological polar surface area (TPSA) is 158 Å². The largest absolute Gasteiger partial charge is 0.399 e. The summed E-state index contributed by atoms with van der Waals surface area (Å²) >= 11 is 0. The number of sulfonamides is 1. The smallest absolute Gasteiger partial charge is 0.278 e. The van der Waals surface area contributed by atoms with Crippen molar-refractivity contribution in [3.63, 3.8) is 0 Å². The summed E-state index contributed by atoms with van der Waals surface area (Å²) in [6, 6.07) is 7.73. The first-order valence-corrected chi connectivity index (χ1v) is 7.49. The monoisotopic (exact) mass is 338 g/mol. The van der Waals surface area contributed by atoms with Crippen molar-refractivity contribution in [2.24, 2.45) is 0 Å². The van der Waals surface area contributed by atoms with Gasteiger partial charge in [0.1, 0.15) is 0 Å². The number of nitrogens with two attached hydrogens (primary N) is 1. The minimum Gasteiger partial charge on any atom is -0.399 e. The van der Waals surface area contributed by atoms with Gasteiger partial charge in [-0.1, -0.05) is 0 Å². The first kappa shape index (κ1) is 16.2. The highest BCUT2D eigenvalue weighted by Gasteiger charge is 2.20. The molecule has 0 aromatic heterocycles. The van der Waals surface area contributed by atoms with Gasteiger partial charge in [0.15, 0.2) is 0 Å². The summed E-state index contributed by atoms with van der Waals surface area (Å²) in [5.74, 6) is 0. The zero-order chi connectivity index (χ0) is 17.2. The number of hydrogen-bond acceptors (Lipinski definition) is 7. The van der Waals surface area contributed by atoms with Crippen LogP contribution in [0.3, 0.4) is 0 Å². The SMILES string of the molecule is Nc1ccc(S(=O)(=O)Nc2cc([N+](=O)[O-])cc([N+](=O)[O-])c2)cc1. The molecule has 0 unspecified atom stereocenters. The third kappa shape index (κ3) is 3.71. The van der Waals surface area contributed by atoms with E-state index in [0.717, 1.165) is 18.2 Å². The molecule has 2 aromatic rings. The second-order valence-corrected chi connectivity index (χ2v) is 6.11. The van der Waals surface area contributed by atoms with Crippen LogP contribution in [0.15, 0.2) is 47.4 Å². The van der Waals surface area contributed by atoms with E-state index in [2.05, 4.69) is 4.72 Å². The number of rotatable bonds is 5. The number of nitrogens with one attached hydrogen (secondary N) is 1. The molecule has 0 aliphatic rings. The summed E-state index contributed by atoms with van der Waals surface area (Å²) < 4.78 is 26.4. The standard InChI is InChI=1S/C12H10N4O6S/c13-8-1-3-12(4-2-8)23(21,22)14-9-5-10(15(17)18)7-11(6-9)16(19)20/h1-7,14H,13H2. The maximum Gasteiger partial charge on any atom is 0.278 e. The number of nitrogen functional groups attached to an aromatic ring is 1. The van der Waals surface area contributed by atoms with Gasteiger partial charge in [0, 0.05) is 17.8 Å². The predicted octanol–water partition coefficient (Wildman–Crippen LogP) is 1.89. The van der Waals surface area contributed by atoms with Crippen molar-refractivity contribution in [2.45, 2.75) is 4.90 Å². The summed E-state index contributed by atoms with van der Waals surface area (Å²) in [6.07, 6.45) is 0. The van der Waals surface area contributed by atoms with Crippen LogP contribution in [0.25, 0.3) is 0 Å². The number of benzene rings is 2. The molecular weight excluding hydrogens is 328 g/mol. The molecule has 23 heavy (non-hydrogen) atoms. The quantitative estimate of drug-likeness (QED) is 0.478. The van der Waals surface area contributed by atoms with E-state index in [1.165, 1.54) is 24.3 Å². The number of nitro groups is 2. The van der Waals surface area contributed by atoms with E-state index in [4.69, 9.17) is 5.73 Å². The van der Waals surface area contributed by atoms with Crippen molar-refractivity contribution in [1.82, 2.24) is 0 Å². The van der Waals surface area contributed by atoms with E-state index in [-0.39, 0.29) is 10.6 Å². The molecule has 0 radical (unpaired) electrons. The van der Waals surface area contributed by atoms with Gasteiger partial charge < -0.3 is 5.73 Å². The van der Waals surface area contributed by atoms with E-state index < -0.39 is 31.2 Å². The van der Waals surface area contributed by atoms with Crippen molar-refractivity contribution in [3.05, 3.63) is 62.7 Å². The van der Waals surface area contributed by atoms with Gasteiger partial charge in [0.25, 0.3) is 21.4 Å². The summed E-state index contributed by atoms with van der Waals surface area (Å²) in [6.45, 7) is 0. The lowest BCUT2D eigenvalue weighted by molar-refractivity contribution is -0.394. The Kier molecular flexibility index (Phi) is 4.14. The average Bonchev–Trinajstić information content (AvgIpc) is 2.46. The molecule has 0 spiro atoms. The average molecular weight is 338 g/mol. The van der Waals surface area contributed by atoms with Crippen LogP contribution < -0.4 is 10.5 Å². The summed E-state index contributed by atoms with van der Waals surface area (Å²) in [7, 11) is -4.07. The van der Waals surface area contributed by atoms with Crippen molar-refractivity contribution >= 4 is 32.8 Å². The van der Waals surface area contributed by atoms with Crippen molar-refractivity contribution < 1.29 is 18.3 Å². The maximum absolute atomic E-state index is 12.2. The third-order valence-electron chi connectivity index (χ3n) is 2.77. The molecule has 0 aliphatic heterocycles. The second kappa shape index (κ2) is 5.88. The van der Waals surface area contributed by atoms with E-state index in [1.54, 1.807) is 0 Å². The summed E-state index contributed by atoms with van der Waals surface area (Å²) in [5.41, 5.74) is 4.33. The fourth-order valence-electron chi connectivity index (χ4n) is 1.73. The van der Waals surface area contributed by atoms with Crippen LogP contribution in [0.5, 0.6) is 0 Å². The van der Waals surface area contributed by atoms with Gasteiger partial charge >= 0.3 is 0 Å². The second-order valence-electron chi connectivity index (χ2n) is 4.43. The molecule has 0 saturated carbocycles. The van der Waals surface area contributed by atoms with Crippen molar-refractivity contribution in [1.29, 1.82) is 0 Å². The van der Waals surface area contributed by atoms with Crippen molar-refractivity contribution in [3.8, 4) is 0 Å². The molecule has 0 fully saturated rings. The molecule has 10 nitrogen and oxygen atoms in total. The Morgan fingerprint density at radius 1 is 0.913 bits per heavy atom. The highest BCUT2D eigenvalue weighted by atomic mass is 32.2. The van der Waals surface area contributed by atoms with E-state index in [0.29, 0.717) is 5.69 Å². The Bertz CT molecular complexity index is 847. The molecule has 120 valence electrons. The maximum atomic E-state index is 12.2. The molecule has 0 heterocycles. The van der Waals surface area contributed by atoms with Crippen LogP contribution in [0.1, 0.15) is 0 Å². The fraction of sp³-hybridized carbons (Fsp3) is 0. The van der Waals surface area contributed by atoms with Gasteiger partial charge in [-0.25, -0.2) is 8.42 Å². The predicted molar refractivity (Wildman–Crippen MR) is 81.4 cm³/mol. The van der Waals surface area contributed by atoms with Crippen LogP contribution in [-0.2, 0) is 10.0 Å². The van der Waals surface area contributed by atoms with Crippen LogP contribution in [0.4, 0.5) is 22.7 Å². The van der Waals surface area contributed by atoms with Gasteiger partial charge in [-0.3, -0.25) is 25.0 Å². The van der Waals surface area contributed by atoms with Crippen LogP contribution in [0, 0.1) is 20.2 Å². The van der Waals surface area contributed by atoms with Gasteiger partial charge in [-0.2, -0.15) is 0 Å². The zero-order valence-electron chi connectivity index (χ0n) is 11.4. The molecule has 2 aromatic carbocycles. The highest BCUT2D eigenvalue weighted by Crippen LogP contribution is 2.27. The highest BCUT2D eigenvalue weighted by molar-refractivity contribution is 7.92. The third-order valence-corrected chi connectivity index (χ3v) is 4.16. The molecule has 2 rings (SSSR count). The van der Waals surface area contributed by atoms with Gasteiger partial charge in [0.05, 0.1) is 26.5 Å². The minimum absolute atomic E-state index is 0.138. The Hall–Kier alpha value is -3.21. The molecule has 0 atom stereocenters. The number of non-ortho nitro benzene ring substituents is 2. The number of hydrogen-bond donors (Lipinski definition) is 2. The summed E-state index contributed by atoms with van der Waals surface area (Å²) in [4.78, 5) is 19.7. The van der Waals surface area contributed by atoms with E-state index >= 15 is 0 Å². The number of nitrogens with zero attached hydrogens (tertiary/aromatic N) is 2. The van der Waals surface area contributed by atoms with E-state index in [9.17, 15) is 28.6 Å². The number of nitro benzene ring substituents is 2. The van der Waals surface area contributed by atoms with Gasteiger partial charge in [-0.05, 0) is 24.3 Å². The van der Waals surface area contributed by atoms with Gasteiger partial charge in [0.2, 0.25) is 0 Å². The van der Waals surface area contributed by atoms with Crippen molar-refractivity contribution in [2.75, 3.05) is 10.5 Å². The molecule has 0 saturated heterocycles. The molecule has 0 aliphatic carbocycles. The first-order valence-electron chi connectivity index (χ1n) is 6.01. The molecule has 11 heteroatoms. The number of anilines is 2. The van der Waals surface area contributed by atoms with Crippen LogP contribution in [0.2, 0.25) is 0 Å². The van der Waals surface area contributed by atoms with Gasteiger partial charge in [-0.15, -0.1) is 0 Å². The summed E-state index contributed by atoms with van der Waals surface area (Å²) in [5, 5.41) is 21.6. The molecule has 0 amide bonds. The van der Waals surface area contributed by atoms with E-state index in [1.807, 2.05) is 0 Å². The Morgan fingerprint density at radius 3 is 1.83 bits per heavy atom. The molecule has 3 N–H and O–H groups in total. The molecular formula is C12H10N4O6S. The Morgan fingerprint density at radius 2 is 1.39 bits per heavy atom. The normalized spacial score (nSPS) is 11.0. The zero-order valence-corrected chi connectivity index (χ0v) is 12.2. The van der Waals surface area contributed by atoms with Crippen LogP contribution >= 0.6 is 0 Å². The molecule has 0 bridgehead atoms. The van der Waals surface area contributed by atoms with Crippen LogP contribution in [-0.4, -0.2) is 18.3 Å². The lowest BCUT2D eigenvalue weighted by Crippen LogP contribution is -2.13. The lowest BCUT2D eigenvalue weighted by Gasteiger charge is -2.08. The first-order chi connectivity index (χ1) is 10.7. The minimum atomic E-state index is -4.07. The fourth-order valence-corrected chi connectivity index (χ4v) is 2.77. The Balaban J connectivity index is 2.44.